The molecule has 2 amide bonds. The van der Waals surface area contributed by atoms with E-state index in [9.17, 15) is 9.59 Å². The van der Waals surface area contributed by atoms with Crippen molar-refractivity contribution < 1.29 is 9.59 Å². The van der Waals surface area contributed by atoms with Crippen LogP contribution in [-0.4, -0.2) is 20.5 Å². The molecule has 2 aromatic heterocycles. The van der Waals surface area contributed by atoms with Crippen LogP contribution in [0, 0.1) is 6.92 Å². The molecule has 0 aromatic carbocycles. The molecule has 0 aliphatic carbocycles. The summed E-state index contributed by atoms with van der Waals surface area (Å²) in [4.78, 5) is 28.2. The Hall–Kier alpha value is -1.60. The van der Waals surface area contributed by atoms with E-state index in [4.69, 9.17) is 0 Å². The predicted molar refractivity (Wildman–Crippen MR) is 66.9 cm³/mol. The molecule has 0 atom stereocenters. The fourth-order valence-corrected chi connectivity index (χ4v) is 3.05. The van der Waals surface area contributed by atoms with Gasteiger partial charge < -0.3 is 0 Å². The van der Waals surface area contributed by atoms with Crippen LogP contribution in [0.15, 0.2) is 16.5 Å². The van der Waals surface area contributed by atoms with Crippen LogP contribution in [0.3, 0.4) is 0 Å². The fourth-order valence-electron chi connectivity index (χ4n) is 1.63. The minimum absolute atomic E-state index is 0.329. The Bertz CT molecular complexity index is 668. The van der Waals surface area contributed by atoms with E-state index in [2.05, 4.69) is 10.3 Å². The summed E-state index contributed by atoms with van der Waals surface area (Å²) in [5, 5.41) is 3.83. The zero-order valence-electron chi connectivity index (χ0n) is 8.76. The number of hydrogen-bond donors (Lipinski definition) is 1. The van der Waals surface area contributed by atoms with Crippen molar-refractivity contribution >= 4 is 45.3 Å². The van der Waals surface area contributed by atoms with Gasteiger partial charge in [-0.05, 0) is 24.8 Å². The molecule has 5 nitrogen and oxygen atoms in total. The highest BCUT2D eigenvalue weighted by Crippen LogP contribution is 2.27. The Morgan fingerprint density at radius 1 is 1.47 bits per heavy atom. The molecule has 0 unspecified atom stereocenters. The first-order valence-electron chi connectivity index (χ1n) is 4.82. The van der Waals surface area contributed by atoms with E-state index < -0.39 is 0 Å². The van der Waals surface area contributed by atoms with Gasteiger partial charge in [0.05, 0.1) is 16.3 Å². The number of nitrogens with one attached hydrogen (secondary N) is 1. The van der Waals surface area contributed by atoms with Gasteiger partial charge in [0.15, 0.2) is 4.96 Å². The molecule has 1 saturated heterocycles. The molecule has 0 radical (unpaired) electrons. The number of hydrogen-bond acceptors (Lipinski definition) is 5. The number of thioether (sulfide) groups is 1. The van der Waals surface area contributed by atoms with Gasteiger partial charge in [-0.15, -0.1) is 11.3 Å². The number of thiazole rings is 1. The first-order chi connectivity index (χ1) is 8.15. The lowest BCUT2D eigenvalue weighted by atomic mass is 10.3. The van der Waals surface area contributed by atoms with Crippen molar-refractivity contribution in [3.05, 3.63) is 27.9 Å². The quantitative estimate of drug-likeness (QED) is 0.801. The normalized spacial score (nSPS) is 18.3. The lowest BCUT2D eigenvalue weighted by Crippen LogP contribution is -2.17. The van der Waals surface area contributed by atoms with Crippen LogP contribution in [-0.2, 0) is 4.79 Å². The minimum Gasteiger partial charge on any atom is -0.291 e. The van der Waals surface area contributed by atoms with Gasteiger partial charge in [-0.3, -0.25) is 19.3 Å². The standard InChI is InChI=1S/C10H7N3O2S2/c1-5-6(13-2-3-16-9(13)11-5)4-7-8(14)12-10(15)17-7/h2-4H,1H3,(H,12,14,15)/b7-4-. The summed E-state index contributed by atoms with van der Waals surface area (Å²) < 4.78 is 1.91. The molecule has 0 saturated carbocycles. The van der Waals surface area contributed by atoms with Crippen LogP contribution in [0.5, 0.6) is 0 Å². The summed E-state index contributed by atoms with van der Waals surface area (Å²) in [5.74, 6) is -0.343. The molecule has 17 heavy (non-hydrogen) atoms. The average Bonchev–Trinajstić information content (AvgIpc) is 2.88. The maximum atomic E-state index is 11.4. The van der Waals surface area contributed by atoms with Gasteiger partial charge in [0.25, 0.3) is 11.1 Å². The molecule has 2 aromatic rings. The third-order valence-corrected chi connectivity index (χ3v) is 3.96. The van der Waals surface area contributed by atoms with Crippen molar-refractivity contribution in [1.29, 1.82) is 0 Å². The minimum atomic E-state index is -0.343. The number of imidazole rings is 1. The molecule has 0 bridgehead atoms. The Morgan fingerprint density at radius 2 is 2.29 bits per heavy atom. The van der Waals surface area contributed by atoms with E-state index in [0.29, 0.717) is 4.91 Å². The highest BCUT2D eigenvalue weighted by atomic mass is 32.2. The van der Waals surface area contributed by atoms with Gasteiger partial charge >= 0.3 is 0 Å². The summed E-state index contributed by atoms with van der Waals surface area (Å²) in [5.41, 5.74) is 1.69. The summed E-state index contributed by atoms with van der Waals surface area (Å²) in [6.45, 7) is 1.88. The Morgan fingerprint density at radius 3 is 3.00 bits per heavy atom. The zero-order valence-corrected chi connectivity index (χ0v) is 10.4. The van der Waals surface area contributed by atoms with Gasteiger partial charge in [-0.1, -0.05) is 0 Å². The van der Waals surface area contributed by atoms with Crippen LogP contribution < -0.4 is 5.32 Å². The summed E-state index contributed by atoms with van der Waals surface area (Å²) >= 11 is 2.45. The SMILES string of the molecule is Cc1nc2sccn2c1/C=C1\SC(=O)NC1=O. The molecular formula is C10H7N3O2S2. The van der Waals surface area contributed by atoms with Crippen molar-refractivity contribution in [2.75, 3.05) is 0 Å². The van der Waals surface area contributed by atoms with Gasteiger partial charge in [0.2, 0.25) is 0 Å². The summed E-state index contributed by atoms with van der Waals surface area (Å²) in [7, 11) is 0. The van der Waals surface area contributed by atoms with Crippen molar-refractivity contribution in [3.63, 3.8) is 0 Å². The van der Waals surface area contributed by atoms with Crippen LogP contribution in [0.2, 0.25) is 0 Å². The lowest BCUT2D eigenvalue weighted by molar-refractivity contribution is -0.115. The maximum Gasteiger partial charge on any atom is 0.290 e. The predicted octanol–water partition coefficient (Wildman–Crippen LogP) is 2.03. The van der Waals surface area contributed by atoms with Gasteiger partial charge in [-0.25, -0.2) is 4.98 Å². The number of carbonyl (C=O) groups excluding carboxylic acids is 2. The molecule has 3 heterocycles. The number of fused-ring (bicyclic) bond motifs is 1. The number of carbonyl (C=O) groups is 2. The van der Waals surface area contributed by atoms with E-state index >= 15 is 0 Å². The van der Waals surface area contributed by atoms with Crippen LogP contribution >= 0.6 is 23.1 Å². The first-order valence-corrected chi connectivity index (χ1v) is 6.52. The number of amides is 2. The molecule has 7 heteroatoms. The Kier molecular flexibility index (Phi) is 2.30. The Balaban J connectivity index is 2.13. The lowest BCUT2D eigenvalue weighted by Gasteiger charge is -1.94. The van der Waals surface area contributed by atoms with E-state index in [0.717, 1.165) is 28.1 Å². The molecule has 1 aliphatic rings. The van der Waals surface area contributed by atoms with Crippen molar-refractivity contribution in [2.45, 2.75) is 6.92 Å². The van der Waals surface area contributed by atoms with Gasteiger partial charge in [0, 0.05) is 11.6 Å². The number of imide groups is 1. The second-order valence-electron chi connectivity index (χ2n) is 3.49. The topological polar surface area (TPSA) is 63.5 Å². The van der Waals surface area contributed by atoms with E-state index in [-0.39, 0.29) is 11.1 Å². The second-order valence-corrected chi connectivity index (χ2v) is 5.38. The van der Waals surface area contributed by atoms with Gasteiger partial charge in [0.1, 0.15) is 0 Å². The van der Waals surface area contributed by atoms with Crippen LogP contribution in [0.4, 0.5) is 4.79 Å². The van der Waals surface area contributed by atoms with Crippen molar-refractivity contribution in [1.82, 2.24) is 14.7 Å². The second kappa shape index (κ2) is 3.71. The fraction of sp³-hybridized carbons (Fsp3) is 0.100. The first kappa shape index (κ1) is 10.5. The van der Waals surface area contributed by atoms with Crippen LogP contribution in [0.25, 0.3) is 11.0 Å². The molecule has 1 N–H and O–H groups in total. The van der Waals surface area contributed by atoms with E-state index in [1.54, 1.807) is 6.08 Å². The Labute approximate surface area is 105 Å². The largest absolute Gasteiger partial charge is 0.291 e. The van der Waals surface area contributed by atoms with E-state index in [1.807, 2.05) is 22.9 Å². The number of aryl methyl sites for hydroxylation is 1. The third-order valence-electron chi connectivity index (χ3n) is 2.39. The van der Waals surface area contributed by atoms with Crippen molar-refractivity contribution in [2.24, 2.45) is 0 Å². The van der Waals surface area contributed by atoms with Crippen LogP contribution in [0.1, 0.15) is 11.4 Å². The number of rotatable bonds is 1. The molecule has 86 valence electrons. The van der Waals surface area contributed by atoms with Gasteiger partial charge in [-0.2, -0.15) is 0 Å². The number of aromatic nitrogens is 2. The maximum absolute atomic E-state index is 11.4. The monoisotopic (exact) mass is 265 g/mol. The third kappa shape index (κ3) is 1.67. The van der Waals surface area contributed by atoms with Crippen molar-refractivity contribution in [3.8, 4) is 0 Å². The summed E-state index contributed by atoms with van der Waals surface area (Å²) in [6.07, 6.45) is 3.60. The molecular weight excluding hydrogens is 258 g/mol. The summed E-state index contributed by atoms with van der Waals surface area (Å²) in [6, 6.07) is 0. The molecule has 1 fully saturated rings. The highest BCUT2D eigenvalue weighted by molar-refractivity contribution is 8.18. The smallest absolute Gasteiger partial charge is 0.290 e. The molecule has 3 rings (SSSR count). The number of nitrogens with zero attached hydrogens (tertiary/aromatic N) is 2. The average molecular weight is 265 g/mol. The molecule has 1 aliphatic heterocycles. The highest BCUT2D eigenvalue weighted by Gasteiger charge is 2.25. The molecule has 0 spiro atoms. The van der Waals surface area contributed by atoms with E-state index in [1.165, 1.54) is 11.3 Å². The zero-order chi connectivity index (χ0) is 12.0.